The van der Waals surface area contributed by atoms with Crippen LogP contribution in [0.3, 0.4) is 0 Å². The van der Waals surface area contributed by atoms with Gasteiger partial charge in [0.15, 0.2) is 0 Å². The molecule has 0 saturated heterocycles. The number of halogens is 2. The zero-order chi connectivity index (χ0) is 14.5. The molecule has 0 heterocycles. The minimum Gasteiger partial charge on any atom is -0.494 e. The number of aryl methyl sites for hydroxylation is 1. The van der Waals surface area contributed by atoms with Crippen molar-refractivity contribution < 1.29 is 9.13 Å². The molecule has 0 spiro atoms. The lowest BCUT2D eigenvalue weighted by molar-refractivity contribution is 0.337. The molecule has 20 heavy (non-hydrogen) atoms. The van der Waals surface area contributed by atoms with Gasteiger partial charge in [0, 0.05) is 17.8 Å². The molecule has 0 atom stereocenters. The smallest absolute Gasteiger partial charge is 0.137 e. The average molecular weight is 338 g/mol. The van der Waals surface area contributed by atoms with E-state index in [-0.39, 0.29) is 5.82 Å². The highest BCUT2D eigenvalue weighted by molar-refractivity contribution is 9.10. The van der Waals surface area contributed by atoms with Gasteiger partial charge in [-0.1, -0.05) is 18.2 Å². The highest BCUT2D eigenvalue weighted by Gasteiger charge is 2.07. The quantitative estimate of drug-likeness (QED) is 0.837. The van der Waals surface area contributed by atoms with Crippen LogP contribution < -0.4 is 10.1 Å². The maximum Gasteiger partial charge on any atom is 0.137 e. The second kappa shape index (κ2) is 6.75. The molecule has 0 aliphatic carbocycles. The summed E-state index contributed by atoms with van der Waals surface area (Å²) >= 11 is 3.21. The molecule has 2 nitrogen and oxygen atoms in total. The van der Waals surface area contributed by atoms with E-state index in [1.54, 1.807) is 6.07 Å². The lowest BCUT2D eigenvalue weighted by atomic mass is 10.1. The minimum atomic E-state index is -0.247. The van der Waals surface area contributed by atoms with E-state index in [0.29, 0.717) is 17.6 Å². The Morgan fingerprint density at radius 2 is 2.00 bits per heavy atom. The molecular weight excluding hydrogens is 321 g/mol. The number of anilines is 1. The summed E-state index contributed by atoms with van der Waals surface area (Å²) in [6, 6.07) is 11.2. The summed E-state index contributed by atoms with van der Waals surface area (Å²) < 4.78 is 19.4. The van der Waals surface area contributed by atoms with Crippen molar-refractivity contribution >= 4 is 21.6 Å². The van der Waals surface area contributed by atoms with Crippen LogP contribution in [0.2, 0.25) is 0 Å². The Morgan fingerprint density at radius 1 is 1.25 bits per heavy atom. The molecule has 0 saturated carbocycles. The lowest BCUT2D eigenvalue weighted by Crippen LogP contribution is -2.04. The molecule has 106 valence electrons. The molecule has 0 aromatic heterocycles. The first kappa shape index (κ1) is 14.9. The second-order valence-corrected chi connectivity index (χ2v) is 5.33. The molecule has 1 N–H and O–H groups in total. The van der Waals surface area contributed by atoms with Crippen molar-refractivity contribution in [3.05, 3.63) is 57.8 Å². The van der Waals surface area contributed by atoms with Crippen molar-refractivity contribution in [1.29, 1.82) is 0 Å². The molecule has 2 rings (SSSR count). The van der Waals surface area contributed by atoms with Crippen LogP contribution in [-0.4, -0.2) is 6.61 Å². The average Bonchev–Trinajstić information content (AvgIpc) is 2.43. The largest absolute Gasteiger partial charge is 0.494 e. The lowest BCUT2D eigenvalue weighted by Gasteiger charge is -2.13. The summed E-state index contributed by atoms with van der Waals surface area (Å²) in [5.74, 6) is 0.629. The number of benzene rings is 2. The van der Waals surface area contributed by atoms with E-state index < -0.39 is 0 Å². The Kier molecular flexibility index (Phi) is 5.01. The fraction of sp³-hybridized carbons (Fsp3) is 0.250. The van der Waals surface area contributed by atoms with Crippen LogP contribution in [0.15, 0.2) is 40.9 Å². The summed E-state index contributed by atoms with van der Waals surface area (Å²) in [7, 11) is 0. The van der Waals surface area contributed by atoms with E-state index in [9.17, 15) is 4.39 Å². The van der Waals surface area contributed by atoms with E-state index >= 15 is 0 Å². The van der Waals surface area contributed by atoms with Gasteiger partial charge < -0.3 is 10.1 Å². The molecule has 0 fully saturated rings. The summed E-state index contributed by atoms with van der Waals surface area (Å²) in [6.45, 7) is 5.12. The topological polar surface area (TPSA) is 21.3 Å². The van der Waals surface area contributed by atoms with E-state index in [2.05, 4.69) is 21.2 Å². The molecule has 0 aliphatic heterocycles. The van der Waals surface area contributed by atoms with Gasteiger partial charge in [-0.3, -0.25) is 0 Å². The Hall–Kier alpha value is -1.55. The predicted octanol–water partition coefficient (Wildman–Crippen LogP) is 4.91. The molecule has 2 aromatic carbocycles. The monoisotopic (exact) mass is 337 g/mol. The molecule has 0 radical (unpaired) electrons. The highest BCUT2D eigenvalue weighted by atomic mass is 79.9. The van der Waals surface area contributed by atoms with Gasteiger partial charge in [0.2, 0.25) is 0 Å². The van der Waals surface area contributed by atoms with Crippen LogP contribution in [0.1, 0.15) is 18.1 Å². The van der Waals surface area contributed by atoms with Crippen molar-refractivity contribution in [2.45, 2.75) is 20.4 Å². The predicted molar refractivity (Wildman–Crippen MR) is 83.8 cm³/mol. The van der Waals surface area contributed by atoms with Gasteiger partial charge in [0.25, 0.3) is 0 Å². The van der Waals surface area contributed by atoms with E-state index in [4.69, 9.17) is 4.74 Å². The van der Waals surface area contributed by atoms with Crippen molar-refractivity contribution in [2.24, 2.45) is 0 Å². The van der Waals surface area contributed by atoms with Gasteiger partial charge in [-0.25, -0.2) is 4.39 Å². The number of para-hydroxylation sites is 1. The Bertz CT molecular complexity index is 601. The van der Waals surface area contributed by atoms with Crippen LogP contribution in [0.25, 0.3) is 0 Å². The zero-order valence-corrected chi connectivity index (χ0v) is 13.1. The first-order chi connectivity index (χ1) is 9.61. The molecule has 0 aliphatic rings. The third kappa shape index (κ3) is 3.51. The van der Waals surface area contributed by atoms with Crippen LogP contribution in [0.5, 0.6) is 5.75 Å². The van der Waals surface area contributed by atoms with Gasteiger partial charge in [-0.2, -0.15) is 0 Å². The molecule has 0 bridgehead atoms. The van der Waals surface area contributed by atoms with Crippen LogP contribution in [-0.2, 0) is 6.54 Å². The van der Waals surface area contributed by atoms with Crippen molar-refractivity contribution in [1.82, 2.24) is 0 Å². The van der Waals surface area contributed by atoms with E-state index in [0.717, 1.165) is 22.6 Å². The standard InChI is InChI=1S/C16H17BrFNO/c1-3-20-16-7-5-4-6-12(16)10-19-15-9-13(17)14(18)8-11(15)2/h4-9,19H,3,10H2,1-2H3. The number of hydrogen-bond donors (Lipinski definition) is 1. The second-order valence-electron chi connectivity index (χ2n) is 4.48. The molecule has 0 amide bonds. The van der Waals surface area contributed by atoms with Gasteiger partial charge >= 0.3 is 0 Å². The number of ether oxygens (including phenoxy) is 1. The van der Waals surface area contributed by atoms with E-state index in [1.807, 2.05) is 38.1 Å². The van der Waals surface area contributed by atoms with Crippen LogP contribution >= 0.6 is 15.9 Å². The number of rotatable bonds is 5. The third-order valence-corrected chi connectivity index (χ3v) is 3.62. The molecule has 0 unspecified atom stereocenters. The first-order valence-corrected chi connectivity index (χ1v) is 7.31. The SMILES string of the molecule is CCOc1ccccc1CNc1cc(Br)c(F)cc1C. The summed E-state index contributed by atoms with van der Waals surface area (Å²) in [5, 5.41) is 3.32. The summed E-state index contributed by atoms with van der Waals surface area (Å²) in [4.78, 5) is 0. The molecule has 4 heteroatoms. The molecular formula is C16H17BrFNO. The van der Waals surface area contributed by atoms with Gasteiger partial charge in [-0.05, 0) is 53.5 Å². The van der Waals surface area contributed by atoms with Crippen LogP contribution in [0, 0.1) is 12.7 Å². The fourth-order valence-corrected chi connectivity index (χ4v) is 2.32. The Morgan fingerprint density at radius 3 is 2.75 bits per heavy atom. The zero-order valence-electron chi connectivity index (χ0n) is 11.5. The van der Waals surface area contributed by atoms with Crippen molar-refractivity contribution in [3.63, 3.8) is 0 Å². The van der Waals surface area contributed by atoms with Gasteiger partial charge in [0.1, 0.15) is 11.6 Å². The summed E-state index contributed by atoms with van der Waals surface area (Å²) in [6.07, 6.45) is 0. The third-order valence-electron chi connectivity index (χ3n) is 3.01. The van der Waals surface area contributed by atoms with Crippen molar-refractivity contribution in [2.75, 3.05) is 11.9 Å². The Labute approximate surface area is 127 Å². The number of hydrogen-bond acceptors (Lipinski definition) is 2. The van der Waals surface area contributed by atoms with Crippen LogP contribution in [0.4, 0.5) is 10.1 Å². The maximum atomic E-state index is 13.4. The fourth-order valence-electron chi connectivity index (χ4n) is 1.97. The normalized spacial score (nSPS) is 10.4. The summed E-state index contributed by atoms with van der Waals surface area (Å²) in [5.41, 5.74) is 2.86. The first-order valence-electron chi connectivity index (χ1n) is 6.52. The van der Waals surface area contributed by atoms with E-state index in [1.165, 1.54) is 6.07 Å². The van der Waals surface area contributed by atoms with Gasteiger partial charge in [0.05, 0.1) is 11.1 Å². The number of nitrogens with one attached hydrogen (secondary N) is 1. The minimum absolute atomic E-state index is 0.247. The van der Waals surface area contributed by atoms with Gasteiger partial charge in [-0.15, -0.1) is 0 Å². The Balaban J connectivity index is 2.15. The maximum absolute atomic E-state index is 13.4. The highest BCUT2D eigenvalue weighted by Crippen LogP contribution is 2.26. The van der Waals surface area contributed by atoms with Crippen molar-refractivity contribution in [3.8, 4) is 5.75 Å². The molecule has 2 aromatic rings.